The Morgan fingerprint density at radius 3 is 2.21 bits per heavy atom. The molecular formula is C20H39FN4O4. The van der Waals surface area contributed by atoms with Gasteiger partial charge in [-0.05, 0) is 44.1 Å². The summed E-state index contributed by atoms with van der Waals surface area (Å²) < 4.78 is 0. The summed E-state index contributed by atoms with van der Waals surface area (Å²) in [5.74, 6) is -0.418. The predicted molar refractivity (Wildman–Crippen MR) is 111 cm³/mol. The summed E-state index contributed by atoms with van der Waals surface area (Å²) in [4.78, 5) is 36.3. The Morgan fingerprint density at radius 1 is 1.03 bits per heavy atom. The Morgan fingerprint density at radius 2 is 1.66 bits per heavy atom. The van der Waals surface area contributed by atoms with Crippen LogP contribution in [0.5, 0.6) is 0 Å². The molecule has 170 valence electrons. The molecule has 0 spiro atoms. The first-order chi connectivity index (χ1) is 13.3. The van der Waals surface area contributed by atoms with Gasteiger partial charge in [0.05, 0.1) is 0 Å². The van der Waals surface area contributed by atoms with Crippen LogP contribution in [-0.4, -0.2) is 48.2 Å². The van der Waals surface area contributed by atoms with E-state index in [9.17, 15) is 19.5 Å². The molecule has 0 unspecified atom stereocenters. The van der Waals surface area contributed by atoms with Crippen LogP contribution in [0, 0.1) is 11.8 Å². The summed E-state index contributed by atoms with van der Waals surface area (Å²) in [6.45, 7) is 5.10. The number of amides is 3. The van der Waals surface area contributed by atoms with Crippen molar-refractivity contribution in [3.05, 3.63) is 0 Å². The second-order valence-corrected chi connectivity index (χ2v) is 8.21. The van der Waals surface area contributed by atoms with Crippen LogP contribution in [0.3, 0.4) is 0 Å². The third-order valence-corrected chi connectivity index (χ3v) is 5.24. The van der Waals surface area contributed by atoms with E-state index in [4.69, 9.17) is 5.73 Å². The van der Waals surface area contributed by atoms with E-state index in [2.05, 4.69) is 29.8 Å². The minimum Gasteiger partial charge on any atom is -0.480 e. The monoisotopic (exact) mass is 418 g/mol. The molecule has 0 aliphatic heterocycles. The minimum atomic E-state index is -1.10. The van der Waals surface area contributed by atoms with Gasteiger partial charge in [-0.1, -0.05) is 46.0 Å². The molecule has 0 aromatic rings. The number of carbonyl (C=O) groups excluding carboxylic acids is 2. The summed E-state index contributed by atoms with van der Waals surface area (Å²) in [5.41, 5.74) is 5.43. The third-order valence-electron chi connectivity index (χ3n) is 5.24. The van der Waals surface area contributed by atoms with Gasteiger partial charge < -0.3 is 26.8 Å². The highest BCUT2D eigenvalue weighted by molar-refractivity contribution is 5.88. The standard InChI is InChI=1S/C20H38N4O4.FH/c1-14(2)10-12-22-18(25)17(13-15-7-4-3-5-8-15)24-20(28)23-16(19(26)27)9-6-11-21;/h14-17H,3-13,21H2,1-2H3,(H,22,25)(H,26,27)(H2,23,24,28);1H/t16-,17+;/m0./s1. The molecule has 1 saturated carbocycles. The molecule has 29 heavy (non-hydrogen) atoms. The Bertz CT molecular complexity index is 499. The van der Waals surface area contributed by atoms with Crippen molar-refractivity contribution < 1.29 is 24.2 Å². The lowest BCUT2D eigenvalue weighted by Gasteiger charge is -2.27. The van der Waals surface area contributed by atoms with Crippen LogP contribution in [0.1, 0.15) is 71.6 Å². The number of aliphatic carboxylic acids is 1. The molecule has 9 heteroatoms. The number of rotatable bonds is 12. The highest BCUT2D eigenvalue weighted by Crippen LogP contribution is 2.27. The summed E-state index contributed by atoms with van der Waals surface area (Å²) in [5, 5.41) is 17.3. The maximum absolute atomic E-state index is 12.6. The van der Waals surface area contributed by atoms with E-state index in [0.717, 1.165) is 32.1 Å². The molecule has 8 nitrogen and oxygen atoms in total. The van der Waals surface area contributed by atoms with Gasteiger partial charge in [-0.2, -0.15) is 0 Å². The van der Waals surface area contributed by atoms with Crippen molar-refractivity contribution in [2.24, 2.45) is 17.6 Å². The van der Waals surface area contributed by atoms with Crippen molar-refractivity contribution in [3.8, 4) is 0 Å². The summed E-state index contributed by atoms with van der Waals surface area (Å²) >= 11 is 0. The zero-order valence-electron chi connectivity index (χ0n) is 17.7. The molecule has 1 aliphatic carbocycles. The van der Waals surface area contributed by atoms with E-state index in [-0.39, 0.29) is 17.0 Å². The summed E-state index contributed by atoms with van der Waals surface area (Å²) in [7, 11) is 0. The van der Waals surface area contributed by atoms with E-state index < -0.39 is 24.1 Å². The fraction of sp³-hybridized carbons (Fsp3) is 0.850. The van der Waals surface area contributed by atoms with Gasteiger partial charge >= 0.3 is 12.0 Å². The van der Waals surface area contributed by atoms with Gasteiger partial charge in [-0.3, -0.25) is 9.50 Å². The van der Waals surface area contributed by atoms with Gasteiger partial charge in [0.15, 0.2) is 0 Å². The molecule has 0 aromatic heterocycles. The molecule has 3 amide bonds. The number of carbonyl (C=O) groups is 3. The molecular weight excluding hydrogens is 379 g/mol. The van der Waals surface area contributed by atoms with Gasteiger partial charge in [0, 0.05) is 6.54 Å². The molecule has 1 fully saturated rings. The number of nitrogens with two attached hydrogens (primary N) is 1. The Hall–Kier alpha value is -1.90. The second kappa shape index (κ2) is 15.0. The van der Waals surface area contributed by atoms with Gasteiger partial charge in [0.25, 0.3) is 0 Å². The van der Waals surface area contributed by atoms with Crippen LogP contribution in [-0.2, 0) is 9.59 Å². The quantitative estimate of drug-likeness (QED) is 0.331. The van der Waals surface area contributed by atoms with E-state index in [1.807, 2.05) is 0 Å². The Labute approximate surface area is 173 Å². The van der Waals surface area contributed by atoms with Gasteiger partial charge in [-0.25, -0.2) is 9.59 Å². The maximum atomic E-state index is 12.6. The van der Waals surface area contributed by atoms with Crippen LogP contribution in [0.4, 0.5) is 9.50 Å². The van der Waals surface area contributed by atoms with Crippen LogP contribution >= 0.6 is 0 Å². The lowest BCUT2D eigenvalue weighted by Crippen LogP contribution is -2.54. The van der Waals surface area contributed by atoms with Crippen molar-refractivity contribution in [1.82, 2.24) is 16.0 Å². The van der Waals surface area contributed by atoms with Gasteiger partial charge in [0.2, 0.25) is 5.91 Å². The SMILES string of the molecule is CC(C)CCNC(=O)[C@@H](CC1CCCCC1)NC(=O)N[C@@H](CCCN)C(=O)O.F. The maximum Gasteiger partial charge on any atom is 0.326 e. The fourth-order valence-corrected chi connectivity index (χ4v) is 3.53. The zero-order valence-corrected chi connectivity index (χ0v) is 17.7. The van der Waals surface area contributed by atoms with Crippen LogP contribution in [0.25, 0.3) is 0 Å². The van der Waals surface area contributed by atoms with E-state index in [1.165, 1.54) is 6.42 Å². The summed E-state index contributed by atoms with van der Waals surface area (Å²) in [6, 6.07) is -2.29. The molecule has 1 rings (SSSR count). The highest BCUT2D eigenvalue weighted by Gasteiger charge is 2.27. The molecule has 0 radical (unpaired) electrons. The molecule has 2 atom stereocenters. The molecule has 0 bridgehead atoms. The smallest absolute Gasteiger partial charge is 0.326 e. The zero-order chi connectivity index (χ0) is 20.9. The van der Waals surface area contributed by atoms with Crippen molar-refractivity contribution in [2.75, 3.05) is 13.1 Å². The Balaban J connectivity index is 0.00000784. The normalized spacial score (nSPS) is 16.4. The van der Waals surface area contributed by atoms with E-state index >= 15 is 0 Å². The first-order valence-corrected chi connectivity index (χ1v) is 10.6. The number of carboxylic acids is 1. The van der Waals surface area contributed by atoms with E-state index in [1.54, 1.807) is 0 Å². The molecule has 0 saturated heterocycles. The van der Waals surface area contributed by atoms with Crippen molar-refractivity contribution >= 4 is 17.9 Å². The second-order valence-electron chi connectivity index (χ2n) is 8.21. The first-order valence-electron chi connectivity index (χ1n) is 10.6. The van der Waals surface area contributed by atoms with Gasteiger partial charge in [-0.15, -0.1) is 0 Å². The highest BCUT2D eigenvalue weighted by atomic mass is 19.0. The van der Waals surface area contributed by atoms with Crippen molar-refractivity contribution in [3.63, 3.8) is 0 Å². The summed E-state index contributed by atoms with van der Waals surface area (Å²) in [6.07, 6.45) is 7.86. The van der Waals surface area contributed by atoms with Crippen LogP contribution < -0.4 is 21.7 Å². The number of carboxylic acid groups (broad SMARTS) is 1. The fourth-order valence-electron chi connectivity index (χ4n) is 3.53. The number of urea groups is 1. The topological polar surface area (TPSA) is 134 Å². The Kier molecular flexibility index (Phi) is 14.0. The molecule has 1 aliphatic rings. The molecule has 0 aromatic carbocycles. The van der Waals surface area contributed by atoms with Crippen LogP contribution in [0.2, 0.25) is 0 Å². The van der Waals surface area contributed by atoms with E-state index in [0.29, 0.717) is 37.8 Å². The van der Waals surface area contributed by atoms with Crippen LogP contribution in [0.15, 0.2) is 0 Å². The minimum absolute atomic E-state index is 0. The van der Waals surface area contributed by atoms with Crippen molar-refractivity contribution in [2.45, 2.75) is 83.7 Å². The number of hydrogen-bond acceptors (Lipinski definition) is 4. The lowest BCUT2D eigenvalue weighted by atomic mass is 9.84. The van der Waals surface area contributed by atoms with Gasteiger partial charge in [0.1, 0.15) is 12.1 Å². The molecule has 0 heterocycles. The predicted octanol–water partition coefficient (Wildman–Crippen LogP) is 2.13. The third kappa shape index (κ3) is 11.6. The average molecular weight is 419 g/mol. The molecule has 6 N–H and O–H groups in total. The lowest BCUT2D eigenvalue weighted by molar-refractivity contribution is -0.139. The number of halogens is 1. The largest absolute Gasteiger partial charge is 0.480 e. The first kappa shape index (κ1) is 27.1. The number of hydrogen-bond donors (Lipinski definition) is 5. The van der Waals surface area contributed by atoms with Crippen molar-refractivity contribution in [1.29, 1.82) is 0 Å². The average Bonchev–Trinajstić information content (AvgIpc) is 2.64. The number of nitrogens with one attached hydrogen (secondary N) is 3.